The molecular formula is C13H14FNO3. The fourth-order valence-corrected chi connectivity index (χ4v) is 1.22. The average molecular weight is 251 g/mol. The molecule has 4 nitrogen and oxygen atoms in total. The molecule has 1 N–H and O–H groups in total. The van der Waals surface area contributed by atoms with Gasteiger partial charge in [0, 0.05) is 18.2 Å². The summed E-state index contributed by atoms with van der Waals surface area (Å²) in [6, 6.07) is 6.13. The van der Waals surface area contributed by atoms with Crippen molar-refractivity contribution in [2.24, 2.45) is 0 Å². The van der Waals surface area contributed by atoms with E-state index in [1.165, 1.54) is 25.3 Å². The zero-order valence-corrected chi connectivity index (χ0v) is 9.98. The predicted molar refractivity (Wildman–Crippen MR) is 65.1 cm³/mol. The first-order valence-electron chi connectivity index (χ1n) is 5.40. The zero-order chi connectivity index (χ0) is 13.4. The summed E-state index contributed by atoms with van der Waals surface area (Å²) in [5, 5.41) is 2.49. The summed E-state index contributed by atoms with van der Waals surface area (Å²) >= 11 is 0. The molecule has 1 amide bonds. The molecule has 1 aromatic rings. The van der Waals surface area contributed by atoms with Gasteiger partial charge < -0.3 is 10.1 Å². The number of nitrogens with one attached hydrogen (secondary N) is 1. The molecule has 0 saturated carbocycles. The molecule has 0 heterocycles. The van der Waals surface area contributed by atoms with Gasteiger partial charge in [0.15, 0.2) is 0 Å². The van der Waals surface area contributed by atoms with Gasteiger partial charge in [-0.3, -0.25) is 9.59 Å². The van der Waals surface area contributed by atoms with E-state index < -0.39 is 11.8 Å². The summed E-state index contributed by atoms with van der Waals surface area (Å²) in [5.74, 6) is -1.17. The zero-order valence-electron chi connectivity index (χ0n) is 9.98. The van der Waals surface area contributed by atoms with Crippen LogP contribution in [0.15, 0.2) is 30.3 Å². The highest BCUT2D eigenvalue weighted by atomic mass is 19.1. The van der Waals surface area contributed by atoms with Gasteiger partial charge in [0.05, 0.1) is 13.5 Å². The molecule has 5 heteroatoms. The molecule has 1 aromatic carbocycles. The molecule has 0 aliphatic heterocycles. The van der Waals surface area contributed by atoms with Gasteiger partial charge in [0.1, 0.15) is 5.82 Å². The molecule has 0 unspecified atom stereocenters. The molecule has 0 aliphatic rings. The minimum absolute atomic E-state index is 0.107. The summed E-state index contributed by atoms with van der Waals surface area (Å²) in [6.45, 7) is 0.188. The Balaban J connectivity index is 2.41. The lowest BCUT2D eigenvalue weighted by atomic mass is 10.2. The van der Waals surface area contributed by atoms with Crippen molar-refractivity contribution in [3.8, 4) is 0 Å². The van der Waals surface area contributed by atoms with Crippen molar-refractivity contribution in [1.29, 1.82) is 0 Å². The Morgan fingerprint density at radius 1 is 1.39 bits per heavy atom. The number of methoxy groups -OCH3 is 1. The van der Waals surface area contributed by atoms with Crippen molar-refractivity contribution >= 4 is 18.0 Å². The van der Waals surface area contributed by atoms with Gasteiger partial charge in [-0.25, -0.2) is 4.39 Å². The second kappa shape index (κ2) is 7.21. The molecule has 0 bridgehead atoms. The summed E-state index contributed by atoms with van der Waals surface area (Å²) in [7, 11) is 1.28. The van der Waals surface area contributed by atoms with Crippen molar-refractivity contribution in [1.82, 2.24) is 5.32 Å². The Morgan fingerprint density at radius 3 is 2.78 bits per heavy atom. The maximum Gasteiger partial charge on any atom is 0.307 e. The van der Waals surface area contributed by atoms with Crippen LogP contribution in [0.2, 0.25) is 0 Å². The highest BCUT2D eigenvalue weighted by Crippen LogP contribution is 2.07. The Kier molecular flexibility index (Phi) is 5.57. The van der Waals surface area contributed by atoms with Gasteiger partial charge in [-0.2, -0.15) is 0 Å². The number of hydrogen-bond acceptors (Lipinski definition) is 3. The van der Waals surface area contributed by atoms with Crippen molar-refractivity contribution in [2.75, 3.05) is 13.7 Å². The van der Waals surface area contributed by atoms with E-state index in [-0.39, 0.29) is 18.9 Å². The third kappa shape index (κ3) is 4.78. The number of carbonyl (C=O) groups is 2. The second-order valence-electron chi connectivity index (χ2n) is 3.47. The van der Waals surface area contributed by atoms with Crippen LogP contribution in [0.5, 0.6) is 0 Å². The maximum absolute atomic E-state index is 13.2. The maximum atomic E-state index is 13.2. The van der Waals surface area contributed by atoms with Gasteiger partial charge in [0.2, 0.25) is 5.91 Å². The Hall–Kier alpha value is -2.17. The molecule has 96 valence electrons. The molecule has 0 radical (unpaired) electrons. The van der Waals surface area contributed by atoms with Gasteiger partial charge in [-0.1, -0.05) is 18.2 Å². The quantitative estimate of drug-likeness (QED) is 0.637. The fourth-order valence-electron chi connectivity index (χ4n) is 1.22. The molecule has 0 aliphatic carbocycles. The summed E-state index contributed by atoms with van der Waals surface area (Å²) in [4.78, 5) is 22.1. The van der Waals surface area contributed by atoms with Crippen LogP contribution in [0, 0.1) is 5.82 Å². The van der Waals surface area contributed by atoms with Crippen LogP contribution in [0.3, 0.4) is 0 Å². The van der Waals surface area contributed by atoms with Crippen LogP contribution >= 0.6 is 0 Å². The highest BCUT2D eigenvalue weighted by molar-refractivity contribution is 5.91. The number of halogens is 1. The lowest BCUT2D eigenvalue weighted by molar-refractivity contribution is -0.140. The standard InChI is InChI=1S/C13H14FNO3/c1-18-13(17)8-9-15-12(16)7-6-10-4-2-3-5-11(10)14/h2-7H,8-9H2,1H3,(H,15,16)/b7-6+. The summed E-state index contributed by atoms with van der Waals surface area (Å²) in [5.41, 5.74) is 0.334. The lowest BCUT2D eigenvalue weighted by Gasteiger charge is -2.00. The smallest absolute Gasteiger partial charge is 0.307 e. The van der Waals surface area contributed by atoms with Gasteiger partial charge in [-0.15, -0.1) is 0 Å². The van der Waals surface area contributed by atoms with E-state index in [4.69, 9.17) is 0 Å². The fraction of sp³-hybridized carbons (Fsp3) is 0.231. The minimum Gasteiger partial charge on any atom is -0.469 e. The van der Waals surface area contributed by atoms with Crippen LogP contribution in [0.1, 0.15) is 12.0 Å². The molecule has 0 atom stereocenters. The Morgan fingerprint density at radius 2 is 2.11 bits per heavy atom. The van der Waals surface area contributed by atoms with Crippen LogP contribution in [-0.2, 0) is 14.3 Å². The minimum atomic E-state index is -0.395. The van der Waals surface area contributed by atoms with Gasteiger partial charge >= 0.3 is 5.97 Å². The van der Waals surface area contributed by atoms with E-state index in [2.05, 4.69) is 10.1 Å². The summed E-state index contributed by atoms with van der Waals surface area (Å²) in [6.07, 6.45) is 2.70. The van der Waals surface area contributed by atoms with Gasteiger partial charge in [-0.05, 0) is 12.1 Å². The molecule has 0 saturated heterocycles. The van der Waals surface area contributed by atoms with Crippen LogP contribution in [-0.4, -0.2) is 25.5 Å². The first-order valence-corrected chi connectivity index (χ1v) is 5.40. The van der Waals surface area contributed by atoms with Crippen molar-refractivity contribution in [2.45, 2.75) is 6.42 Å². The van der Waals surface area contributed by atoms with Crippen molar-refractivity contribution in [3.05, 3.63) is 41.7 Å². The van der Waals surface area contributed by atoms with Gasteiger partial charge in [0.25, 0.3) is 0 Å². The first kappa shape index (κ1) is 13.9. The molecule has 0 spiro atoms. The molecule has 18 heavy (non-hydrogen) atoms. The Labute approximate surface area is 104 Å². The largest absolute Gasteiger partial charge is 0.469 e. The van der Waals surface area contributed by atoms with Crippen LogP contribution in [0.4, 0.5) is 4.39 Å². The SMILES string of the molecule is COC(=O)CCNC(=O)/C=C/c1ccccc1F. The van der Waals surface area contributed by atoms with E-state index in [0.29, 0.717) is 5.56 Å². The average Bonchev–Trinajstić information content (AvgIpc) is 2.37. The number of ether oxygens (including phenoxy) is 1. The predicted octanol–water partition coefficient (Wildman–Crippen LogP) is 1.52. The normalized spacial score (nSPS) is 10.3. The monoisotopic (exact) mass is 251 g/mol. The topological polar surface area (TPSA) is 55.4 Å². The number of amides is 1. The molecular weight excluding hydrogens is 237 g/mol. The number of benzene rings is 1. The van der Waals surface area contributed by atoms with Crippen LogP contribution < -0.4 is 5.32 Å². The number of hydrogen-bond donors (Lipinski definition) is 1. The second-order valence-corrected chi connectivity index (χ2v) is 3.47. The molecule has 0 aromatic heterocycles. The van der Waals surface area contributed by atoms with E-state index in [1.807, 2.05) is 0 Å². The first-order chi connectivity index (χ1) is 8.63. The molecule has 0 fully saturated rings. The van der Waals surface area contributed by atoms with Crippen molar-refractivity contribution in [3.63, 3.8) is 0 Å². The van der Waals surface area contributed by atoms with Crippen molar-refractivity contribution < 1.29 is 18.7 Å². The number of rotatable bonds is 5. The third-order valence-corrected chi connectivity index (χ3v) is 2.18. The van der Waals surface area contributed by atoms with E-state index >= 15 is 0 Å². The number of esters is 1. The highest BCUT2D eigenvalue weighted by Gasteiger charge is 2.01. The molecule has 1 rings (SSSR count). The van der Waals surface area contributed by atoms with E-state index in [9.17, 15) is 14.0 Å². The summed E-state index contributed by atoms with van der Waals surface area (Å²) < 4.78 is 17.6. The third-order valence-electron chi connectivity index (χ3n) is 2.18. The van der Waals surface area contributed by atoms with Crippen LogP contribution in [0.25, 0.3) is 6.08 Å². The number of carbonyl (C=O) groups excluding carboxylic acids is 2. The van der Waals surface area contributed by atoms with E-state index in [1.54, 1.807) is 18.2 Å². The Bertz CT molecular complexity index is 457. The lowest BCUT2D eigenvalue weighted by Crippen LogP contribution is -2.24. The van der Waals surface area contributed by atoms with E-state index in [0.717, 1.165) is 0 Å².